The molecule has 0 heterocycles. The number of carbonyl (C=O) groups excluding carboxylic acids is 3. The van der Waals surface area contributed by atoms with E-state index in [9.17, 15) is 19.5 Å². The minimum absolute atomic E-state index is 0.0572. The second-order valence-electron chi connectivity index (χ2n) is 12.7. The Bertz CT molecular complexity index is 1540. The van der Waals surface area contributed by atoms with Crippen LogP contribution in [0.2, 0.25) is 0 Å². The van der Waals surface area contributed by atoms with Gasteiger partial charge in [0.1, 0.15) is 17.8 Å². The first kappa shape index (κ1) is 36.1. The van der Waals surface area contributed by atoms with Gasteiger partial charge in [0, 0.05) is 33.8 Å². The lowest BCUT2D eigenvalue weighted by atomic mass is 9.89. The van der Waals surface area contributed by atoms with Crippen LogP contribution in [0.3, 0.4) is 0 Å². The molecule has 248 valence electrons. The summed E-state index contributed by atoms with van der Waals surface area (Å²) in [5.41, 5.74) is 15.7. The summed E-state index contributed by atoms with van der Waals surface area (Å²) >= 11 is 0. The fourth-order valence-corrected chi connectivity index (χ4v) is 4.79. The average Bonchev–Trinajstić information content (AvgIpc) is 2.99. The Morgan fingerprint density at radius 3 is 1.74 bits per heavy atom. The molecule has 46 heavy (non-hydrogen) atoms. The third kappa shape index (κ3) is 9.08. The van der Waals surface area contributed by atoms with E-state index in [0.29, 0.717) is 64.4 Å². The van der Waals surface area contributed by atoms with Crippen LogP contribution in [-0.2, 0) is 14.4 Å². The maximum Gasteiger partial charge on any atom is 0.328 e. The normalized spacial score (nSPS) is 15.8. The van der Waals surface area contributed by atoms with Crippen molar-refractivity contribution in [3.05, 3.63) is 70.5 Å². The van der Waals surface area contributed by atoms with Gasteiger partial charge in [0.25, 0.3) is 0 Å². The molecule has 0 aromatic heterocycles. The lowest BCUT2D eigenvalue weighted by Gasteiger charge is -2.21. The lowest BCUT2D eigenvalue weighted by molar-refractivity contribution is -0.137. The van der Waals surface area contributed by atoms with Crippen molar-refractivity contribution in [3.8, 4) is 11.5 Å². The van der Waals surface area contributed by atoms with Gasteiger partial charge in [-0.05, 0) is 84.2 Å². The molecule has 1 aliphatic rings. The van der Waals surface area contributed by atoms with E-state index in [-0.39, 0.29) is 23.4 Å². The summed E-state index contributed by atoms with van der Waals surface area (Å²) in [4.78, 5) is 42.1. The number of nitrogens with zero attached hydrogens (tertiary/aromatic N) is 2. The molecule has 0 amide bonds. The van der Waals surface area contributed by atoms with Crippen LogP contribution in [0, 0.1) is 11.8 Å². The molecule has 0 fully saturated rings. The third-order valence-electron chi connectivity index (χ3n) is 7.86. The number of allylic oxidation sites excluding steroid dienone is 3. The van der Waals surface area contributed by atoms with E-state index in [1.165, 1.54) is 6.08 Å². The SMILES string of the molecule is CC(C)C(N)C(=O)Oc1cc(/C=C/C(=O)C2=C(O)/C(=C/c3ccc(N(C)C)c(OC(=O)C(N)C(C)C)c3)CCC2)ccc1N(C)C. The highest BCUT2D eigenvalue weighted by atomic mass is 16.5. The van der Waals surface area contributed by atoms with Gasteiger partial charge in [0.15, 0.2) is 17.3 Å². The smallest absolute Gasteiger partial charge is 0.328 e. The van der Waals surface area contributed by atoms with Crippen LogP contribution in [0.25, 0.3) is 12.2 Å². The molecule has 2 unspecified atom stereocenters. The van der Waals surface area contributed by atoms with Crippen molar-refractivity contribution in [2.45, 2.75) is 59.0 Å². The molecule has 10 nitrogen and oxygen atoms in total. The van der Waals surface area contributed by atoms with Crippen molar-refractivity contribution in [2.75, 3.05) is 38.0 Å². The van der Waals surface area contributed by atoms with Crippen LogP contribution in [0.5, 0.6) is 11.5 Å². The molecule has 10 heteroatoms. The standard InChI is InChI=1S/C36H48N4O6/c1-21(2)32(37)35(43)45-30-19-23(12-15-27(30)39(5)6)14-17-29(41)26-11-9-10-25(34(26)42)18-24-13-16-28(40(7)8)31(20-24)46-36(44)33(38)22(3)4/h12-22,32-33,42H,9-11,37-38H2,1-8H3/b17-14+,25-18+. The molecule has 0 aliphatic heterocycles. The summed E-state index contributed by atoms with van der Waals surface area (Å²) in [6.45, 7) is 7.40. The van der Waals surface area contributed by atoms with E-state index in [1.54, 1.807) is 30.4 Å². The first-order valence-electron chi connectivity index (χ1n) is 15.5. The second-order valence-corrected chi connectivity index (χ2v) is 12.7. The number of esters is 2. The lowest BCUT2D eigenvalue weighted by Crippen LogP contribution is -2.38. The number of hydrogen-bond acceptors (Lipinski definition) is 10. The van der Waals surface area contributed by atoms with E-state index in [2.05, 4.69) is 0 Å². The summed E-state index contributed by atoms with van der Waals surface area (Å²) in [6, 6.07) is 9.19. The van der Waals surface area contributed by atoms with Crippen LogP contribution >= 0.6 is 0 Å². The minimum atomic E-state index is -0.769. The largest absolute Gasteiger partial charge is 0.507 e. The van der Waals surface area contributed by atoms with Crippen LogP contribution in [-0.4, -0.2) is 63.1 Å². The molecule has 5 N–H and O–H groups in total. The monoisotopic (exact) mass is 632 g/mol. The summed E-state index contributed by atoms with van der Waals surface area (Å²) in [5, 5.41) is 11.2. The number of aliphatic hydroxyl groups excluding tert-OH is 1. The zero-order valence-corrected chi connectivity index (χ0v) is 28.2. The highest BCUT2D eigenvalue weighted by molar-refractivity contribution is 6.07. The molecular weight excluding hydrogens is 584 g/mol. The molecule has 2 aromatic carbocycles. The Labute approximate surface area is 272 Å². The average molecular weight is 633 g/mol. The first-order chi connectivity index (χ1) is 21.6. The van der Waals surface area contributed by atoms with Gasteiger partial charge in [-0.1, -0.05) is 45.9 Å². The number of carbonyl (C=O) groups is 3. The number of benzene rings is 2. The number of ether oxygens (including phenoxy) is 2. The van der Waals surface area contributed by atoms with E-state index >= 15 is 0 Å². The van der Waals surface area contributed by atoms with Gasteiger partial charge in [-0.15, -0.1) is 0 Å². The molecule has 2 atom stereocenters. The van der Waals surface area contributed by atoms with Gasteiger partial charge in [0.2, 0.25) is 0 Å². The van der Waals surface area contributed by atoms with Crippen molar-refractivity contribution in [2.24, 2.45) is 23.3 Å². The minimum Gasteiger partial charge on any atom is -0.507 e. The molecular formula is C36H48N4O6. The number of anilines is 2. The molecule has 0 spiro atoms. The number of aliphatic hydroxyl groups is 1. The fraction of sp³-hybridized carbons (Fsp3) is 0.417. The van der Waals surface area contributed by atoms with Gasteiger partial charge < -0.3 is 35.8 Å². The summed E-state index contributed by atoms with van der Waals surface area (Å²) < 4.78 is 11.3. The molecule has 0 bridgehead atoms. The predicted octanol–water partition coefficient (Wildman–Crippen LogP) is 5.26. The first-order valence-corrected chi connectivity index (χ1v) is 15.5. The number of nitrogens with two attached hydrogens (primary N) is 2. The van der Waals surface area contributed by atoms with Crippen LogP contribution in [0.1, 0.15) is 58.1 Å². The Balaban J connectivity index is 1.88. The van der Waals surface area contributed by atoms with Crippen LogP contribution in [0.15, 0.2) is 59.4 Å². The molecule has 1 aliphatic carbocycles. The summed E-state index contributed by atoms with van der Waals surface area (Å²) in [5.74, 6) is -0.912. The Kier molecular flexibility index (Phi) is 12.3. The molecule has 0 radical (unpaired) electrons. The maximum atomic E-state index is 13.3. The third-order valence-corrected chi connectivity index (χ3v) is 7.86. The van der Waals surface area contributed by atoms with Gasteiger partial charge in [-0.3, -0.25) is 4.79 Å². The van der Waals surface area contributed by atoms with Gasteiger partial charge >= 0.3 is 11.9 Å². The topological polar surface area (TPSA) is 148 Å². The van der Waals surface area contributed by atoms with Gasteiger partial charge in [0.05, 0.1) is 11.4 Å². The van der Waals surface area contributed by atoms with Crippen LogP contribution in [0.4, 0.5) is 11.4 Å². The summed E-state index contributed by atoms with van der Waals surface area (Å²) in [7, 11) is 7.37. The summed E-state index contributed by atoms with van der Waals surface area (Å²) in [6.07, 6.45) is 6.52. The number of rotatable bonds is 12. The quantitative estimate of drug-likeness (QED) is 0.161. The Morgan fingerprint density at radius 2 is 1.26 bits per heavy atom. The van der Waals surface area contributed by atoms with Gasteiger partial charge in [-0.25, -0.2) is 9.59 Å². The zero-order valence-electron chi connectivity index (χ0n) is 28.2. The molecule has 0 saturated heterocycles. The van der Waals surface area contributed by atoms with E-state index in [4.69, 9.17) is 20.9 Å². The molecule has 0 saturated carbocycles. The van der Waals surface area contributed by atoms with Crippen molar-refractivity contribution < 1.29 is 29.0 Å². The van der Waals surface area contributed by atoms with E-state index in [1.807, 2.05) is 83.9 Å². The van der Waals surface area contributed by atoms with E-state index in [0.717, 1.165) is 0 Å². The fourth-order valence-electron chi connectivity index (χ4n) is 4.79. The highest BCUT2D eigenvalue weighted by Crippen LogP contribution is 2.34. The van der Waals surface area contributed by atoms with Crippen LogP contribution < -0.4 is 30.7 Å². The predicted molar refractivity (Wildman–Crippen MR) is 184 cm³/mol. The number of hydrogen-bond donors (Lipinski definition) is 3. The van der Waals surface area contributed by atoms with Crippen molar-refractivity contribution in [1.82, 2.24) is 0 Å². The Hall–Kier alpha value is -4.41. The number of ketones is 1. The van der Waals surface area contributed by atoms with Crippen molar-refractivity contribution >= 4 is 41.2 Å². The van der Waals surface area contributed by atoms with E-state index < -0.39 is 24.0 Å². The molecule has 3 rings (SSSR count). The van der Waals surface area contributed by atoms with Crippen molar-refractivity contribution in [3.63, 3.8) is 0 Å². The zero-order chi connectivity index (χ0) is 34.3. The second kappa shape index (κ2) is 15.7. The van der Waals surface area contributed by atoms with Gasteiger partial charge in [-0.2, -0.15) is 0 Å². The molecule has 2 aromatic rings. The Morgan fingerprint density at radius 1 is 0.783 bits per heavy atom. The highest BCUT2D eigenvalue weighted by Gasteiger charge is 2.24. The van der Waals surface area contributed by atoms with Crippen molar-refractivity contribution in [1.29, 1.82) is 0 Å². The maximum absolute atomic E-state index is 13.3.